The van der Waals surface area contributed by atoms with Gasteiger partial charge in [0.05, 0.1) is 0 Å². The summed E-state index contributed by atoms with van der Waals surface area (Å²) in [6.45, 7) is 0.784. The summed E-state index contributed by atoms with van der Waals surface area (Å²) < 4.78 is 2.27. The van der Waals surface area contributed by atoms with Gasteiger partial charge in [0.2, 0.25) is 0 Å². The summed E-state index contributed by atoms with van der Waals surface area (Å²) in [4.78, 5) is 0. The molecule has 0 saturated carbocycles. The topological polar surface area (TPSA) is 45.4 Å². The number of benzene rings is 3. The van der Waals surface area contributed by atoms with Crippen LogP contribution in [-0.4, -0.2) is 21.7 Å². The van der Waals surface area contributed by atoms with Crippen LogP contribution in [0.4, 0.5) is 0 Å². The molecule has 0 spiro atoms. The normalized spacial score (nSPS) is 11.2. The highest BCUT2D eigenvalue weighted by atomic mass is 16.4. The van der Waals surface area contributed by atoms with Gasteiger partial charge in [-0.1, -0.05) is 60.7 Å². The second-order valence-electron chi connectivity index (χ2n) is 5.74. The van der Waals surface area contributed by atoms with E-state index in [4.69, 9.17) is 0 Å². The van der Waals surface area contributed by atoms with Crippen LogP contribution in [0, 0.1) is 0 Å². The highest BCUT2D eigenvalue weighted by Gasteiger charge is 2.15. The highest BCUT2D eigenvalue weighted by Crippen LogP contribution is 2.29. The van der Waals surface area contributed by atoms with Crippen LogP contribution in [0.2, 0.25) is 0 Å². The van der Waals surface area contributed by atoms with Crippen molar-refractivity contribution in [1.82, 2.24) is 4.57 Å². The first kappa shape index (κ1) is 14.1. The van der Waals surface area contributed by atoms with E-state index in [1.54, 1.807) is 6.07 Å². The molecule has 0 unspecified atom stereocenters. The summed E-state index contributed by atoms with van der Waals surface area (Å²) in [5.74, 6) is 0. The fraction of sp³-hybridized carbons (Fsp3) is 0.0526. The first-order valence-electron chi connectivity index (χ1n) is 7.65. The Morgan fingerprint density at radius 3 is 2.22 bits per heavy atom. The van der Waals surface area contributed by atoms with Gasteiger partial charge in [-0.25, -0.2) is 0 Å². The zero-order valence-corrected chi connectivity index (χ0v) is 12.6. The third kappa shape index (κ3) is 2.42. The minimum Gasteiger partial charge on any atom is -0.423 e. The summed E-state index contributed by atoms with van der Waals surface area (Å²) in [6.07, 6.45) is 0. The lowest BCUT2D eigenvalue weighted by Gasteiger charge is -2.08. The molecule has 3 aromatic carbocycles. The van der Waals surface area contributed by atoms with Crippen molar-refractivity contribution in [3.8, 4) is 0 Å². The van der Waals surface area contributed by atoms with Gasteiger partial charge in [0.15, 0.2) is 0 Å². The molecule has 4 aromatic rings. The van der Waals surface area contributed by atoms with Gasteiger partial charge in [0.1, 0.15) is 0 Å². The number of rotatable bonds is 3. The predicted octanol–water partition coefficient (Wildman–Crippen LogP) is 2.52. The van der Waals surface area contributed by atoms with Crippen molar-refractivity contribution < 1.29 is 10.0 Å². The van der Waals surface area contributed by atoms with Crippen LogP contribution in [0.1, 0.15) is 5.56 Å². The molecule has 0 atom stereocenters. The summed E-state index contributed by atoms with van der Waals surface area (Å²) in [5.41, 5.74) is 4.00. The molecule has 0 aliphatic heterocycles. The van der Waals surface area contributed by atoms with E-state index in [0.29, 0.717) is 5.46 Å². The average Bonchev–Trinajstić information content (AvgIpc) is 2.90. The van der Waals surface area contributed by atoms with Crippen molar-refractivity contribution in [1.29, 1.82) is 0 Å². The minimum absolute atomic E-state index is 0.514. The number of hydrogen-bond acceptors (Lipinski definition) is 2. The number of fused-ring (bicyclic) bond motifs is 3. The van der Waals surface area contributed by atoms with Crippen LogP contribution in [-0.2, 0) is 6.54 Å². The van der Waals surface area contributed by atoms with E-state index in [1.807, 2.05) is 42.5 Å². The van der Waals surface area contributed by atoms with E-state index in [1.165, 1.54) is 5.56 Å². The maximum absolute atomic E-state index is 9.45. The van der Waals surface area contributed by atoms with Crippen molar-refractivity contribution in [3.63, 3.8) is 0 Å². The summed E-state index contributed by atoms with van der Waals surface area (Å²) in [6, 6.07) is 24.2. The van der Waals surface area contributed by atoms with Crippen molar-refractivity contribution in [2.45, 2.75) is 6.54 Å². The standard InChI is InChI=1S/C19H16BNO2/c22-20(23)15-10-11-19-17(12-15)16-8-4-5-9-18(16)21(19)13-14-6-2-1-3-7-14/h1-12,22-23H,13H2. The second-order valence-corrected chi connectivity index (χ2v) is 5.74. The largest absolute Gasteiger partial charge is 0.488 e. The van der Waals surface area contributed by atoms with Crippen LogP contribution in [0.25, 0.3) is 21.8 Å². The molecule has 1 heterocycles. The summed E-state index contributed by atoms with van der Waals surface area (Å²) in [5, 5.41) is 21.1. The van der Waals surface area contributed by atoms with Gasteiger partial charge in [0, 0.05) is 28.4 Å². The molecule has 0 amide bonds. The van der Waals surface area contributed by atoms with Gasteiger partial charge < -0.3 is 14.6 Å². The molecule has 2 N–H and O–H groups in total. The van der Waals surface area contributed by atoms with E-state index < -0.39 is 7.12 Å². The molecule has 0 aliphatic rings. The lowest BCUT2D eigenvalue weighted by molar-refractivity contribution is 0.426. The Morgan fingerprint density at radius 1 is 0.739 bits per heavy atom. The molecular weight excluding hydrogens is 285 g/mol. The Bertz CT molecular complexity index is 977. The smallest absolute Gasteiger partial charge is 0.423 e. The van der Waals surface area contributed by atoms with Crippen LogP contribution in [0.15, 0.2) is 72.8 Å². The first-order chi connectivity index (χ1) is 11.2. The molecule has 112 valence electrons. The van der Waals surface area contributed by atoms with E-state index >= 15 is 0 Å². The van der Waals surface area contributed by atoms with Gasteiger partial charge in [-0.3, -0.25) is 0 Å². The Balaban J connectivity index is 1.97. The first-order valence-corrected chi connectivity index (χ1v) is 7.65. The number of hydrogen-bond donors (Lipinski definition) is 2. The lowest BCUT2D eigenvalue weighted by Crippen LogP contribution is -2.29. The minimum atomic E-state index is -1.45. The van der Waals surface area contributed by atoms with Crippen LogP contribution < -0.4 is 5.46 Å². The molecular formula is C19H16BNO2. The number of aromatic nitrogens is 1. The molecule has 4 rings (SSSR count). The molecule has 23 heavy (non-hydrogen) atoms. The van der Waals surface area contributed by atoms with Gasteiger partial charge in [-0.2, -0.15) is 0 Å². The molecule has 1 aromatic heterocycles. The molecule has 0 fully saturated rings. The zero-order chi connectivity index (χ0) is 15.8. The molecule has 3 nitrogen and oxygen atoms in total. The van der Waals surface area contributed by atoms with E-state index in [-0.39, 0.29) is 0 Å². The lowest BCUT2D eigenvalue weighted by atomic mass is 9.80. The van der Waals surface area contributed by atoms with Crippen molar-refractivity contribution in [2.75, 3.05) is 0 Å². The third-order valence-electron chi connectivity index (χ3n) is 4.28. The Labute approximate surface area is 134 Å². The maximum Gasteiger partial charge on any atom is 0.488 e. The molecule has 0 saturated heterocycles. The predicted molar refractivity (Wildman–Crippen MR) is 94.8 cm³/mol. The van der Waals surface area contributed by atoms with Crippen LogP contribution >= 0.6 is 0 Å². The second kappa shape index (κ2) is 5.58. The molecule has 0 aliphatic carbocycles. The Kier molecular flexibility index (Phi) is 3.41. The Morgan fingerprint density at radius 2 is 1.43 bits per heavy atom. The fourth-order valence-corrected chi connectivity index (χ4v) is 3.17. The van der Waals surface area contributed by atoms with E-state index in [9.17, 15) is 10.0 Å². The molecule has 0 bridgehead atoms. The van der Waals surface area contributed by atoms with Crippen molar-refractivity contribution in [2.24, 2.45) is 0 Å². The number of nitrogens with zero attached hydrogens (tertiary/aromatic N) is 1. The molecule has 4 heteroatoms. The third-order valence-corrected chi connectivity index (χ3v) is 4.28. The fourth-order valence-electron chi connectivity index (χ4n) is 3.17. The quantitative estimate of drug-likeness (QED) is 0.571. The van der Waals surface area contributed by atoms with Crippen LogP contribution in [0.5, 0.6) is 0 Å². The summed E-state index contributed by atoms with van der Waals surface area (Å²) >= 11 is 0. The monoisotopic (exact) mass is 301 g/mol. The van der Waals surface area contributed by atoms with Gasteiger partial charge in [-0.05, 0) is 23.2 Å². The zero-order valence-electron chi connectivity index (χ0n) is 12.6. The maximum atomic E-state index is 9.45. The van der Waals surface area contributed by atoms with Crippen molar-refractivity contribution >= 4 is 34.4 Å². The van der Waals surface area contributed by atoms with Gasteiger partial charge in [-0.15, -0.1) is 0 Å². The van der Waals surface area contributed by atoms with Gasteiger partial charge >= 0.3 is 7.12 Å². The average molecular weight is 301 g/mol. The van der Waals surface area contributed by atoms with E-state index in [0.717, 1.165) is 28.4 Å². The Hall–Kier alpha value is -2.56. The van der Waals surface area contributed by atoms with Gasteiger partial charge in [0.25, 0.3) is 0 Å². The SMILES string of the molecule is OB(O)c1ccc2c(c1)c1ccccc1n2Cc1ccccc1. The van der Waals surface area contributed by atoms with Crippen molar-refractivity contribution in [3.05, 3.63) is 78.4 Å². The summed E-state index contributed by atoms with van der Waals surface area (Å²) in [7, 11) is -1.45. The number of para-hydroxylation sites is 1. The van der Waals surface area contributed by atoms with E-state index in [2.05, 4.69) is 28.8 Å². The molecule has 0 radical (unpaired) electrons. The van der Waals surface area contributed by atoms with Crippen LogP contribution in [0.3, 0.4) is 0 Å². The highest BCUT2D eigenvalue weighted by molar-refractivity contribution is 6.59.